The number of aryl methyl sites for hydroxylation is 1. The molecule has 0 spiro atoms. The molecule has 7 nitrogen and oxygen atoms in total. The van der Waals surface area contributed by atoms with Gasteiger partial charge in [-0.3, -0.25) is 19.7 Å². The summed E-state index contributed by atoms with van der Waals surface area (Å²) in [7, 11) is 0. The van der Waals surface area contributed by atoms with Gasteiger partial charge in [0.05, 0.1) is 10.7 Å². The molecule has 1 N–H and O–H groups in total. The molecule has 0 aromatic heterocycles. The number of nitro groups is 1. The number of nitro benzene ring substituents is 1. The van der Waals surface area contributed by atoms with Crippen LogP contribution in [0.4, 0.5) is 5.69 Å². The SMILES string of the molecule is Cc1ccc(CNC(=O)[C@H](C)OC(=O)CSc2ccc([N+](=O)[O-])cc2)cc1. The molecule has 0 aliphatic heterocycles. The van der Waals surface area contributed by atoms with Gasteiger partial charge in [-0.25, -0.2) is 0 Å². The third kappa shape index (κ3) is 6.74. The summed E-state index contributed by atoms with van der Waals surface area (Å²) < 4.78 is 5.12. The molecule has 8 heteroatoms. The Bertz CT molecular complexity index is 806. The number of carbonyl (C=O) groups excluding carboxylic acids is 2. The second-order valence-electron chi connectivity index (χ2n) is 5.88. The summed E-state index contributed by atoms with van der Waals surface area (Å²) in [6.07, 6.45) is -0.902. The Morgan fingerprint density at radius 1 is 1.15 bits per heavy atom. The highest BCUT2D eigenvalue weighted by molar-refractivity contribution is 8.00. The molecular formula is C19H20N2O5S. The van der Waals surface area contributed by atoms with Crippen LogP contribution in [0.3, 0.4) is 0 Å². The number of ether oxygens (including phenoxy) is 1. The highest BCUT2D eigenvalue weighted by Crippen LogP contribution is 2.21. The van der Waals surface area contributed by atoms with E-state index in [0.717, 1.165) is 11.1 Å². The van der Waals surface area contributed by atoms with Crippen LogP contribution in [0.1, 0.15) is 18.1 Å². The lowest BCUT2D eigenvalue weighted by molar-refractivity contribution is -0.384. The second kappa shape index (κ2) is 9.72. The van der Waals surface area contributed by atoms with Gasteiger partial charge in [-0.15, -0.1) is 11.8 Å². The lowest BCUT2D eigenvalue weighted by atomic mass is 10.1. The Kier molecular flexibility index (Phi) is 7.36. The first kappa shape index (κ1) is 20.4. The zero-order chi connectivity index (χ0) is 19.8. The highest BCUT2D eigenvalue weighted by atomic mass is 32.2. The molecule has 0 heterocycles. The van der Waals surface area contributed by atoms with E-state index in [1.54, 1.807) is 12.1 Å². The quantitative estimate of drug-likeness (QED) is 0.323. The predicted molar refractivity (Wildman–Crippen MR) is 102 cm³/mol. The normalized spacial score (nSPS) is 11.5. The van der Waals surface area contributed by atoms with Crippen molar-refractivity contribution in [3.8, 4) is 0 Å². The van der Waals surface area contributed by atoms with E-state index in [0.29, 0.717) is 11.4 Å². The van der Waals surface area contributed by atoms with Crippen LogP contribution in [0, 0.1) is 17.0 Å². The van der Waals surface area contributed by atoms with E-state index in [1.807, 2.05) is 31.2 Å². The van der Waals surface area contributed by atoms with Gasteiger partial charge in [0.25, 0.3) is 11.6 Å². The number of non-ortho nitro benzene ring substituents is 1. The van der Waals surface area contributed by atoms with Crippen molar-refractivity contribution in [3.05, 3.63) is 69.8 Å². The maximum absolute atomic E-state index is 12.0. The third-order valence-electron chi connectivity index (χ3n) is 3.67. The first-order valence-corrected chi connectivity index (χ1v) is 9.23. The van der Waals surface area contributed by atoms with E-state index in [9.17, 15) is 19.7 Å². The van der Waals surface area contributed by atoms with Crippen LogP contribution in [0.5, 0.6) is 0 Å². The van der Waals surface area contributed by atoms with E-state index in [1.165, 1.54) is 30.8 Å². The minimum atomic E-state index is -0.902. The molecule has 0 bridgehead atoms. The summed E-state index contributed by atoms with van der Waals surface area (Å²) in [5.74, 6) is -0.895. The van der Waals surface area contributed by atoms with Gasteiger partial charge in [-0.1, -0.05) is 29.8 Å². The molecule has 27 heavy (non-hydrogen) atoms. The standard InChI is InChI=1S/C19H20N2O5S/c1-13-3-5-15(6-4-13)11-20-19(23)14(2)26-18(22)12-27-17-9-7-16(8-10-17)21(24)25/h3-10,14H,11-12H2,1-2H3,(H,20,23)/t14-/m0/s1. The van der Waals surface area contributed by atoms with E-state index in [-0.39, 0.29) is 17.3 Å². The van der Waals surface area contributed by atoms with Gasteiger partial charge in [0.1, 0.15) is 0 Å². The van der Waals surface area contributed by atoms with Crippen molar-refractivity contribution in [2.24, 2.45) is 0 Å². The van der Waals surface area contributed by atoms with Crippen LogP contribution in [0.25, 0.3) is 0 Å². The number of nitrogens with zero attached hydrogens (tertiary/aromatic N) is 1. The first-order chi connectivity index (χ1) is 12.8. The van der Waals surface area contributed by atoms with Crippen LogP contribution in [0.15, 0.2) is 53.4 Å². The molecule has 0 aliphatic rings. The number of hydrogen-bond donors (Lipinski definition) is 1. The van der Waals surface area contributed by atoms with Crippen molar-refractivity contribution in [2.75, 3.05) is 5.75 Å². The number of hydrogen-bond acceptors (Lipinski definition) is 6. The summed E-state index contributed by atoms with van der Waals surface area (Å²) in [6, 6.07) is 13.6. The van der Waals surface area contributed by atoms with Gasteiger partial charge < -0.3 is 10.1 Å². The fraction of sp³-hybridized carbons (Fsp3) is 0.263. The molecule has 2 rings (SSSR count). The molecule has 0 unspecified atom stereocenters. The Morgan fingerprint density at radius 2 is 1.78 bits per heavy atom. The molecule has 1 amide bonds. The van der Waals surface area contributed by atoms with Gasteiger partial charge in [0.15, 0.2) is 6.10 Å². The smallest absolute Gasteiger partial charge is 0.317 e. The molecular weight excluding hydrogens is 368 g/mol. The first-order valence-electron chi connectivity index (χ1n) is 8.25. The van der Waals surface area contributed by atoms with E-state index in [4.69, 9.17) is 4.74 Å². The minimum Gasteiger partial charge on any atom is -0.452 e. The molecule has 1 atom stereocenters. The lowest BCUT2D eigenvalue weighted by Gasteiger charge is -2.13. The molecule has 2 aromatic carbocycles. The van der Waals surface area contributed by atoms with Gasteiger partial charge >= 0.3 is 5.97 Å². The Hall–Kier alpha value is -2.87. The van der Waals surface area contributed by atoms with E-state index < -0.39 is 17.0 Å². The van der Waals surface area contributed by atoms with Crippen molar-refractivity contribution in [2.45, 2.75) is 31.4 Å². The van der Waals surface area contributed by atoms with Crippen molar-refractivity contribution in [3.63, 3.8) is 0 Å². The van der Waals surface area contributed by atoms with Crippen LogP contribution >= 0.6 is 11.8 Å². The monoisotopic (exact) mass is 388 g/mol. The van der Waals surface area contributed by atoms with Gasteiger partial charge in [0.2, 0.25) is 0 Å². The fourth-order valence-electron chi connectivity index (χ4n) is 2.13. The number of esters is 1. The minimum absolute atomic E-state index is 0.00733. The number of amides is 1. The largest absolute Gasteiger partial charge is 0.452 e. The molecule has 0 radical (unpaired) electrons. The van der Waals surface area contributed by atoms with Crippen LogP contribution < -0.4 is 5.32 Å². The molecule has 0 saturated carbocycles. The van der Waals surface area contributed by atoms with Gasteiger partial charge in [-0.05, 0) is 31.5 Å². The molecule has 0 saturated heterocycles. The van der Waals surface area contributed by atoms with Gasteiger partial charge in [0, 0.05) is 23.6 Å². The zero-order valence-corrected chi connectivity index (χ0v) is 15.8. The van der Waals surface area contributed by atoms with Crippen molar-refractivity contribution in [1.29, 1.82) is 0 Å². The van der Waals surface area contributed by atoms with Crippen LogP contribution in [-0.2, 0) is 20.9 Å². The summed E-state index contributed by atoms with van der Waals surface area (Å²) >= 11 is 1.19. The maximum Gasteiger partial charge on any atom is 0.317 e. The number of benzene rings is 2. The molecule has 142 valence electrons. The number of carbonyl (C=O) groups is 2. The van der Waals surface area contributed by atoms with Crippen LogP contribution in [0.2, 0.25) is 0 Å². The van der Waals surface area contributed by atoms with Crippen molar-refractivity contribution < 1.29 is 19.2 Å². The number of nitrogens with one attached hydrogen (secondary N) is 1. The average Bonchev–Trinajstić information content (AvgIpc) is 2.66. The summed E-state index contributed by atoms with van der Waals surface area (Å²) in [6.45, 7) is 3.86. The Balaban J connectivity index is 1.74. The van der Waals surface area contributed by atoms with E-state index >= 15 is 0 Å². The summed E-state index contributed by atoms with van der Waals surface area (Å²) in [4.78, 5) is 34.7. The predicted octanol–water partition coefficient (Wildman–Crippen LogP) is 3.24. The van der Waals surface area contributed by atoms with Crippen molar-refractivity contribution in [1.82, 2.24) is 5.32 Å². The highest BCUT2D eigenvalue weighted by Gasteiger charge is 2.17. The van der Waals surface area contributed by atoms with E-state index in [2.05, 4.69) is 5.32 Å². The molecule has 0 fully saturated rings. The molecule has 2 aromatic rings. The maximum atomic E-state index is 12.0. The van der Waals surface area contributed by atoms with Crippen LogP contribution in [-0.4, -0.2) is 28.7 Å². The summed E-state index contributed by atoms with van der Waals surface area (Å²) in [5, 5.41) is 13.3. The fourth-order valence-corrected chi connectivity index (χ4v) is 2.81. The lowest BCUT2D eigenvalue weighted by Crippen LogP contribution is -2.35. The van der Waals surface area contributed by atoms with Gasteiger partial charge in [-0.2, -0.15) is 0 Å². The Morgan fingerprint density at radius 3 is 2.37 bits per heavy atom. The molecule has 0 aliphatic carbocycles. The topological polar surface area (TPSA) is 98.5 Å². The summed E-state index contributed by atoms with van der Waals surface area (Å²) in [5.41, 5.74) is 2.08. The number of rotatable bonds is 8. The second-order valence-corrected chi connectivity index (χ2v) is 6.92. The Labute approximate surface area is 161 Å². The average molecular weight is 388 g/mol. The zero-order valence-electron chi connectivity index (χ0n) is 15.0. The third-order valence-corrected chi connectivity index (χ3v) is 4.65. The van der Waals surface area contributed by atoms with Crippen molar-refractivity contribution >= 4 is 29.3 Å². The number of thioether (sulfide) groups is 1.